The summed E-state index contributed by atoms with van der Waals surface area (Å²) in [5.41, 5.74) is 2.47. The molecule has 0 aliphatic rings. The predicted octanol–water partition coefficient (Wildman–Crippen LogP) is 6.17. The van der Waals surface area contributed by atoms with Gasteiger partial charge in [-0.25, -0.2) is 0 Å². The van der Waals surface area contributed by atoms with E-state index in [0.717, 1.165) is 29.7 Å². The molecule has 0 fully saturated rings. The third kappa shape index (κ3) is 16.7. The molecule has 1 unspecified atom stereocenters. The second kappa shape index (κ2) is 27.1. The molecule has 0 heterocycles. The molecule has 3 rings (SSSR count). The van der Waals surface area contributed by atoms with Gasteiger partial charge in [-0.3, -0.25) is 0 Å². The zero-order valence-electron chi connectivity index (χ0n) is 29.6. The molecular weight excluding hydrogens is 624 g/mol. The molecule has 0 bridgehead atoms. The Labute approximate surface area is 294 Å². The maximum atomic E-state index is 6.73. The second-order valence-electron chi connectivity index (χ2n) is 11.5. The average Bonchev–Trinajstić information content (AvgIpc) is 3.15. The smallest absolute Gasteiger partial charge is 0.143 e. The van der Waals surface area contributed by atoms with Crippen LogP contribution in [0.4, 0.5) is 0 Å². The maximum Gasteiger partial charge on any atom is 0.143 e. The van der Waals surface area contributed by atoms with E-state index in [9.17, 15) is 0 Å². The minimum Gasteiger partial charge on any atom is -0.379 e. The van der Waals surface area contributed by atoms with Crippen LogP contribution >= 0.6 is 0 Å². The number of rotatable bonds is 31. The number of hydrogen-bond donors (Lipinski definition) is 0. The largest absolute Gasteiger partial charge is 0.379 e. The van der Waals surface area contributed by atoms with Crippen LogP contribution in [0.25, 0.3) is 0 Å². The van der Waals surface area contributed by atoms with Crippen LogP contribution in [0.3, 0.4) is 0 Å². The lowest BCUT2D eigenvalue weighted by atomic mass is 9.80. The van der Waals surface area contributed by atoms with E-state index in [1.54, 1.807) is 0 Å². The summed E-state index contributed by atoms with van der Waals surface area (Å²) in [5.74, 6) is 0.596. The SMILES string of the molecule is CCC(C)COCCOCCOCCOCCOCCOCCOCCOCCOC(c1ccccc1)(c1ccccc1)c1ccccc1. The molecule has 0 aromatic heterocycles. The molecule has 49 heavy (non-hydrogen) atoms. The highest BCUT2D eigenvalue weighted by Crippen LogP contribution is 2.40. The van der Waals surface area contributed by atoms with Crippen molar-refractivity contribution < 1.29 is 42.6 Å². The highest BCUT2D eigenvalue weighted by atomic mass is 16.6. The fourth-order valence-electron chi connectivity index (χ4n) is 4.96. The normalized spacial score (nSPS) is 12.4. The van der Waals surface area contributed by atoms with Gasteiger partial charge in [0.15, 0.2) is 0 Å². The van der Waals surface area contributed by atoms with E-state index >= 15 is 0 Å². The van der Waals surface area contributed by atoms with Crippen LogP contribution in [0.1, 0.15) is 37.0 Å². The molecule has 0 spiro atoms. The van der Waals surface area contributed by atoms with E-state index in [1.165, 1.54) is 0 Å². The maximum absolute atomic E-state index is 6.73. The molecule has 0 N–H and O–H groups in total. The fourth-order valence-corrected chi connectivity index (χ4v) is 4.96. The third-order valence-electron chi connectivity index (χ3n) is 7.79. The molecule has 0 saturated heterocycles. The minimum atomic E-state index is -0.745. The summed E-state index contributed by atoms with van der Waals surface area (Å²) >= 11 is 0. The Morgan fingerprint density at radius 1 is 0.388 bits per heavy atom. The van der Waals surface area contributed by atoms with Crippen molar-refractivity contribution in [1.29, 1.82) is 0 Å². The lowest BCUT2D eigenvalue weighted by Gasteiger charge is -2.36. The first kappa shape index (κ1) is 40.7. The van der Waals surface area contributed by atoms with Crippen molar-refractivity contribution in [2.24, 2.45) is 5.92 Å². The topological polar surface area (TPSA) is 83.1 Å². The summed E-state index contributed by atoms with van der Waals surface area (Å²) < 4.78 is 51.4. The van der Waals surface area contributed by atoms with Crippen molar-refractivity contribution in [2.45, 2.75) is 25.9 Å². The van der Waals surface area contributed by atoms with Gasteiger partial charge in [-0.1, -0.05) is 111 Å². The van der Waals surface area contributed by atoms with E-state index in [-0.39, 0.29) is 0 Å². The van der Waals surface area contributed by atoms with Crippen LogP contribution in [-0.4, -0.2) is 112 Å². The van der Waals surface area contributed by atoms with Crippen LogP contribution in [0.15, 0.2) is 91.0 Å². The monoisotopic (exact) mass is 682 g/mol. The van der Waals surface area contributed by atoms with Crippen molar-refractivity contribution >= 4 is 0 Å². The Hall–Kier alpha value is -2.70. The molecule has 3 aromatic rings. The van der Waals surface area contributed by atoms with Gasteiger partial charge in [-0.05, 0) is 22.6 Å². The highest BCUT2D eigenvalue weighted by Gasteiger charge is 2.37. The van der Waals surface area contributed by atoms with E-state index in [4.69, 9.17) is 42.6 Å². The molecule has 9 heteroatoms. The first-order valence-electron chi connectivity index (χ1n) is 17.7. The molecule has 0 aliphatic heterocycles. The van der Waals surface area contributed by atoms with E-state index in [2.05, 4.69) is 50.2 Å². The van der Waals surface area contributed by atoms with E-state index in [1.807, 2.05) is 54.6 Å². The van der Waals surface area contributed by atoms with Gasteiger partial charge in [0.05, 0.1) is 106 Å². The first-order chi connectivity index (χ1) is 24.3. The molecule has 0 aliphatic carbocycles. The van der Waals surface area contributed by atoms with Crippen LogP contribution in [0, 0.1) is 5.92 Å². The molecule has 0 radical (unpaired) electrons. The van der Waals surface area contributed by atoms with Gasteiger partial charge in [-0.15, -0.1) is 0 Å². The van der Waals surface area contributed by atoms with Crippen molar-refractivity contribution in [3.63, 3.8) is 0 Å². The first-order valence-corrected chi connectivity index (χ1v) is 17.7. The van der Waals surface area contributed by atoms with Crippen LogP contribution in [0.2, 0.25) is 0 Å². The highest BCUT2D eigenvalue weighted by molar-refractivity contribution is 5.47. The van der Waals surface area contributed by atoms with Gasteiger partial charge >= 0.3 is 0 Å². The molecule has 0 amide bonds. The quantitative estimate of drug-likeness (QED) is 0.0584. The Balaban J connectivity index is 1.13. The van der Waals surface area contributed by atoms with Crippen molar-refractivity contribution in [1.82, 2.24) is 0 Å². The van der Waals surface area contributed by atoms with Gasteiger partial charge < -0.3 is 42.6 Å². The molecule has 9 nitrogen and oxygen atoms in total. The van der Waals surface area contributed by atoms with Crippen LogP contribution in [-0.2, 0) is 48.2 Å². The Morgan fingerprint density at radius 2 is 0.653 bits per heavy atom. The molecule has 272 valence electrons. The average molecular weight is 683 g/mol. The second-order valence-corrected chi connectivity index (χ2v) is 11.5. The zero-order chi connectivity index (χ0) is 34.5. The van der Waals surface area contributed by atoms with Gasteiger partial charge in [0.1, 0.15) is 5.60 Å². The molecule has 1 atom stereocenters. The van der Waals surface area contributed by atoms with Crippen molar-refractivity contribution in [3.8, 4) is 0 Å². The van der Waals surface area contributed by atoms with Crippen molar-refractivity contribution in [2.75, 3.05) is 112 Å². The summed E-state index contributed by atoms with van der Waals surface area (Å²) in [6.45, 7) is 13.4. The number of ether oxygens (including phenoxy) is 9. The Bertz CT molecular complexity index is 1050. The summed E-state index contributed by atoms with van der Waals surface area (Å²) in [7, 11) is 0. The van der Waals surface area contributed by atoms with Crippen LogP contribution in [0.5, 0.6) is 0 Å². The van der Waals surface area contributed by atoms with E-state index in [0.29, 0.717) is 112 Å². The molecular formula is C40H58O9. The summed E-state index contributed by atoms with van der Waals surface area (Å²) in [6.07, 6.45) is 1.13. The zero-order valence-corrected chi connectivity index (χ0v) is 29.6. The molecule has 3 aromatic carbocycles. The summed E-state index contributed by atoms with van der Waals surface area (Å²) in [5, 5.41) is 0. The fraction of sp³-hybridized carbons (Fsp3) is 0.550. The summed E-state index contributed by atoms with van der Waals surface area (Å²) in [4.78, 5) is 0. The van der Waals surface area contributed by atoms with Crippen molar-refractivity contribution in [3.05, 3.63) is 108 Å². The number of hydrogen-bond acceptors (Lipinski definition) is 9. The molecule has 0 saturated carbocycles. The lowest BCUT2D eigenvalue weighted by molar-refractivity contribution is -0.0398. The predicted molar refractivity (Wildman–Crippen MR) is 191 cm³/mol. The third-order valence-corrected chi connectivity index (χ3v) is 7.79. The van der Waals surface area contributed by atoms with Gasteiger partial charge in [0.25, 0.3) is 0 Å². The van der Waals surface area contributed by atoms with Gasteiger partial charge in [0, 0.05) is 6.61 Å². The van der Waals surface area contributed by atoms with Gasteiger partial charge in [-0.2, -0.15) is 0 Å². The minimum absolute atomic E-state index is 0.422. The van der Waals surface area contributed by atoms with Gasteiger partial charge in [0.2, 0.25) is 0 Å². The standard InChI is InChI=1S/C40H58O9/c1-3-36(2)35-48-32-31-46-28-27-44-24-23-42-20-19-41-21-22-43-25-26-45-29-30-47-33-34-49-40(37-13-7-4-8-14-37,38-15-9-5-10-16-38)39-17-11-6-12-18-39/h4-18,36H,3,19-35H2,1-2H3. The number of benzene rings is 3. The van der Waals surface area contributed by atoms with E-state index < -0.39 is 5.60 Å². The van der Waals surface area contributed by atoms with Crippen LogP contribution < -0.4 is 0 Å². The Kier molecular flexibility index (Phi) is 22.5. The summed E-state index contributed by atoms with van der Waals surface area (Å²) in [6, 6.07) is 31.0. The lowest BCUT2D eigenvalue weighted by Crippen LogP contribution is -2.34. The Morgan fingerprint density at radius 3 is 0.939 bits per heavy atom.